The summed E-state index contributed by atoms with van der Waals surface area (Å²) < 4.78 is 18.4. The fourth-order valence-electron chi connectivity index (χ4n) is 3.68. The second-order valence-electron chi connectivity index (χ2n) is 7.67. The summed E-state index contributed by atoms with van der Waals surface area (Å²) in [6.45, 7) is 1.63. The molecular formula is C27H26N2O3. The number of ether oxygens (including phenoxy) is 3. The van der Waals surface area contributed by atoms with Crippen LogP contribution in [0.4, 0.5) is 0 Å². The van der Waals surface area contributed by atoms with Gasteiger partial charge in [-0.3, -0.25) is 4.99 Å². The van der Waals surface area contributed by atoms with Crippen molar-refractivity contribution in [3.05, 3.63) is 108 Å². The van der Waals surface area contributed by atoms with Gasteiger partial charge in [-0.1, -0.05) is 91.0 Å². The first-order valence-corrected chi connectivity index (χ1v) is 10.7. The molecule has 0 aromatic heterocycles. The minimum Gasteiger partial charge on any atom is -0.374 e. The van der Waals surface area contributed by atoms with Gasteiger partial charge < -0.3 is 14.2 Å². The fourth-order valence-corrected chi connectivity index (χ4v) is 3.68. The third kappa shape index (κ3) is 5.89. The molecule has 0 saturated heterocycles. The molecule has 3 aromatic carbocycles. The minimum atomic E-state index is -0.533. The lowest BCUT2D eigenvalue weighted by Crippen LogP contribution is -2.40. The fraction of sp³-hybridized carbons (Fsp3) is 0.259. The maximum Gasteiger partial charge on any atom is 0.144 e. The van der Waals surface area contributed by atoms with E-state index in [0.29, 0.717) is 32.1 Å². The Morgan fingerprint density at radius 2 is 1.19 bits per heavy atom. The number of hydrogen-bond acceptors (Lipinski definition) is 5. The van der Waals surface area contributed by atoms with E-state index in [-0.39, 0.29) is 6.04 Å². The van der Waals surface area contributed by atoms with E-state index < -0.39 is 12.2 Å². The van der Waals surface area contributed by atoms with E-state index in [9.17, 15) is 5.26 Å². The molecule has 0 radical (unpaired) electrons. The molecular weight excluding hydrogens is 400 g/mol. The van der Waals surface area contributed by atoms with Crippen LogP contribution in [0.15, 0.2) is 96.0 Å². The zero-order valence-corrected chi connectivity index (χ0v) is 17.8. The van der Waals surface area contributed by atoms with Crippen LogP contribution in [0.25, 0.3) is 0 Å². The topological polar surface area (TPSA) is 63.8 Å². The molecule has 0 aliphatic carbocycles. The molecule has 0 spiro atoms. The van der Waals surface area contributed by atoms with Gasteiger partial charge in [-0.05, 0) is 16.7 Å². The van der Waals surface area contributed by atoms with E-state index in [4.69, 9.17) is 14.2 Å². The van der Waals surface area contributed by atoms with Gasteiger partial charge in [0, 0.05) is 0 Å². The first-order valence-electron chi connectivity index (χ1n) is 10.7. The average molecular weight is 427 g/mol. The highest BCUT2D eigenvalue weighted by molar-refractivity contribution is 6.04. The molecule has 0 N–H and O–H groups in total. The monoisotopic (exact) mass is 426 g/mol. The van der Waals surface area contributed by atoms with Crippen molar-refractivity contribution in [1.82, 2.24) is 0 Å². The number of nitrogens with zero attached hydrogens (tertiary/aromatic N) is 2. The molecule has 4 rings (SSSR count). The van der Waals surface area contributed by atoms with Gasteiger partial charge >= 0.3 is 0 Å². The number of hydrogen-bond donors (Lipinski definition) is 0. The van der Waals surface area contributed by atoms with Gasteiger partial charge in [-0.15, -0.1) is 0 Å². The van der Waals surface area contributed by atoms with E-state index in [1.807, 2.05) is 91.0 Å². The lowest BCUT2D eigenvalue weighted by molar-refractivity contribution is -0.0689. The zero-order valence-electron chi connectivity index (χ0n) is 17.8. The molecule has 3 atom stereocenters. The predicted molar refractivity (Wildman–Crippen MR) is 123 cm³/mol. The summed E-state index contributed by atoms with van der Waals surface area (Å²) in [6, 6.07) is 31.8. The third-order valence-corrected chi connectivity index (χ3v) is 5.32. The van der Waals surface area contributed by atoms with Crippen molar-refractivity contribution in [3.63, 3.8) is 0 Å². The summed E-state index contributed by atoms with van der Waals surface area (Å²) in [7, 11) is 0. The van der Waals surface area contributed by atoms with E-state index in [1.165, 1.54) is 0 Å². The van der Waals surface area contributed by atoms with Crippen LogP contribution < -0.4 is 0 Å². The van der Waals surface area contributed by atoms with Crippen LogP contribution in [0.3, 0.4) is 0 Å². The standard InChI is InChI=1S/C27H26N2O3/c28-16-24-26(31-18-22-12-6-2-7-13-22)27(32-19-23-14-8-3-9-15-23)25(29-24)20-30-17-21-10-4-1-5-11-21/h1-15,25-27H,17-20H2/t25-,26-,27+/m0/s1. The third-order valence-electron chi connectivity index (χ3n) is 5.32. The first-order chi connectivity index (χ1) is 15.8. The Balaban J connectivity index is 1.44. The molecule has 0 bridgehead atoms. The molecule has 1 heterocycles. The van der Waals surface area contributed by atoms with Crippen LogP contribution >= 0.6 is 0 Å². The Morgan fingerprint density at radius 1 is 0.688 bits per heavy atom. The molecule has 32 heavy (non-hydrogen) atoms. The summed E-state index contributed by atoms with van der Waals surface area (Å²) in [5.41, 5.74) is 3.54. The molecule has 3 aromatic rings. The van der Waals surface area contributed by atoms with Gasteiger partial charge in [0.1, 0.15) is 30.0 Å². The molecule has 0 fully saturated rings. The van der Waals surface area contributed by atoms with Crippen LogP contribution in [0.5, 0.6) is 0 Å². The number of aliphatic imine (C=N–C) groups is 1. The quantitative estimate of drug-likeness (QED) is 0.471. The summed E-state index contributed by atoms with van der Waals surface area (Å²) in [5, 5.41) is 9.70. The highest BCUT2D eigenvalue weighted by Crippen LogP contribution is 2.24. The molecule has 5 heteroatoms. The SMILES string of the molecule is N#CC1=N[C@@H](COCc2ccccc2)[C@@H](OCc2ccccc2)[C@H]1OCc1ccccc1. The molecule has 1 aliphatic rings. The Morgan fingerprint density at radius 3 is 1.72 bits per heavy atom. The maximum atomic E-state index is 9.70. The lowest BCUT2D eigenvalue weighted by Gasteiger charge is -2.25. The van der Waals surface area contributed by atoms with Gasteiger partial charge in [-0.2, -0.15) is 5.26 Å². The summed E-state index contributed by atoms with van der Waals surface area (Å²) >= 11 is 0. The number of nitriles is 1. The van der Waals surface area contributed by atoms with Gasteiger partial charge in [0.2, 0.25) is 0 Å². The summed E-state index contributed by atoms with van der Waals surface area (Å²) in [6.07, 6.45) is -0.932. The summed E-state index contributed by atoms with van der Waals surface area (Å²) in [4.78, 5) is 4.61. The Hall–Kier alpha value is -3.30. The van der Waals surface area contributed by atoms with Gasteiger partial charge in [0.15, 0.2) is 0 Å². The van der Waals surface area contributed by atoms with Crippen LogP contribution in [0.1, 0.15) is 16.7 Å². The average Bonchev–Trinajstić information content (AvgIpc) is 3.19. The van der Waals surface area contributed by atoms with E-state index >= 15 is 0 Å². The van der Waals surface area contributed by atoms with Gasteiger partial charge in [0.05, 0.1) is 26.4 Å². The van der Waals surface area contributed by atoms with Crippen LogP contribution in [0, 0.1) is 11.3 Å². The Labute approximate surface area is 188 Å². The Kier molecular flexibility index (Phi) is 7.78. The normalized spacial score (nSPS) is 20.0. The van der Waals surface area contributed by atoms with E-state index in [1.54, 1.807) is 0 Å². The number of benzene rings is 3. The van der Waals surface area contributed by atoms with Crippen molar-refractivity contribution in [2.24, 2.45) is 4.99 Å². The molecule has 0 saturated carbocycles. The molecule has 0 unspecified atom stereocenters. The highest BCUT2D eigenvalue weighted by atomic mass is 16.5. The second-order valence-corrected chi connectivity index (χ2v) is 7.67. The maximum absolute atomic E-state index is 9.70. The van der Waals surface area contributed by atoms with Gasteiger partial charge in [0.25, 0.3) is 0 Å². The molecule has 162 valence electrons. The molecule has 5 nitrogen and oxygen atoms in total. The van der Waals surface area contributed by atoms with E-state index in [0.717, 1.165) is 16.7 Å². The van der Waals surface area contributed by atoms with Crippen LogP contribution in [-0.4, -0.2) is 30.6 Å². The van der Waals surface area contributed by atoms with Crippen LogP contribution in [0.2, 0.25) is 0 Å². The highest BCUT2D eigenvalue weighted by Gasteiger charge is 2.41. The van der Waals surface area contributed by atoms with Crippen molar-refractivity contribution < 1.29 is 14.2 Å². The zero-order chi connectivity index (χ0) is 22.0. The Bertz CT molecular complexity index is 1030. The second kappa shape index (κ2) is 11.4. The lowest BCUT2D eigenvalue weighted by atomic mass is 10.1. The molecule has 0 amide bonds. The van der Waals surface area contributed by atoms with Crippen molar-refractivity contribution in [2.45, 2.75) is 38.1 Å². The van der Waals surface area contributed by atoms with Crippen molar-refractivity contribution in [2.75, 3.05) is 6.61 Å². The largest absolute Gasteiger partial charge is 0.374 e. The molecule has 1 aliphatic heterocycles. The van der Waals surface area contributed by atoms with Gasteiger partial charge in [-0.25, -0.2) is 0 Å². The minimum absolute atomic E-state index is 0.308. The van der Waals surface area contributed by atoms with Crippen LogP contribution in [-0.2, 0) is 34.0 Å². The smallest absolute Gasteiger partial charge is 0.144 e. The van der Waals surface area contributed by atoms with E-state index in [2.05, 4.69) is 11.1 Å². The van der Waals surface area contributed by atoms with Crippen molar-refractivity contribution in [1.29, 1.82) is 5.26 Å². The number of rotatable bonds is 10. The van der Waals surface area contributed by atoms with Crippen molar-refractivity contribution in [3.8, 4) is 6.07 Å². The predicted octanol–water partition coefficient (Wildman–Crippen LogP) is 4.72. The van der Waals surface area contributed by atoms with Crippen molar-refractivity contribution >= 4 is 5.71 Å². The first kappa shape index (κ1) is 21.9. The summed E-state index contributed by atoms with van der Waals surface area (Å²) in [5.74, 6) is 0.